The number of esters is 2. The lowest BCUT2D eigenvalue weighted by atomic mass is 10.0. The summed E-state index contributed by atoms with van der Waals surface area (Å²) in [5.41, 5.74) is 5.41. The van der Waals surface area contributed by atoms with Gasteiger partial charge in [0.2, 0.25) is 0 Å². The number of unbranched alkanes of at least 4 members (excludes halogenated alkanes) is 44. The van der Waals surface area contributed by atoms with E-state index in [4.69, 9.17) is 24.3 Å². The fourth-order valence-electron chi connectivity index (χ4n) is 11.0. The summed E-state index contributed by atoms with van der Waals surface area (Å²) in [4.78, 5) is 35.4. The molecule has 2 unspecified atom stereocenters. The molecule has 88 heavy (non-hydrogen) atoms. The molecule has 9 nitrogen and oxygen atoms in total. The molecule has 10 heteroatoms. The SMILES string of the molecule is CC/C=C\C/C=C\C/C=C\C/C=C\C/C=C\C/C=C\C/C=C\CCCCCCCCCCCCCCCC(=O)OC(COC(=O)CCCCCCCCCCCCCCCCCCCCCCCCCCCCCCCCCC)COP(=O)(O)OCCN. The first-order chi connectivity index (χ1) is 43.3. The molecule has 0 rings (SSSR count). The molecule has 0 saturated heterocycles. The summed E-state index contributed by atoms with van der Waals surface area (Å²) in [6.07, 6.45) is 98.4. The zero-order chi connectivity index (χ0) is 63.7. The van der Waals surface area contributed by atoms with Crippen LogP contribution in [0.25, 0.3) is 0 Å². The van der Waals surface area contributed by atoms with E-state index >= 15 is 0 Å². The highest BCUT2D eigenvalue weighted by molar-refractivity contribution is 7.47. The standard InChI is InChI=1S/C78H142NO8P/c1-3-5-7-9-11-13-15-17-19-21-23-25-27-29-31-33-35-37-38-39-41-43-45-47-49-51-53-55-57-59-61-63-65-67-69-71-78(81)87-76(75-86-88(82,83)85-73-72-79)74-84-77(80)70-68-66-64-62-60-58-56-54-52-50-48-46-44-42-40-36-34-32-30-28-26-24-22-20-18-16-14-12-10-8-6-4-2/h5,7,11,13,17,19,23,25,29,31,35,37,39,41,76H,3-4,6,8-10,12,14-16,18,20-22,24,26-28,30,32-34,36,38,40,42-75,79H2,1-2H3,(H,82,83)/b7-5-,13-11-,19-17-,25-23-,31-29-,37-35-,41-39-. The maximum Gasteiger partial charge on any atom is 0.472 e. The number of phosphoric acid groups is 1. The molecule has 0 saturated carbocycles. The van der Waals surface area contributed by atoms with Gasteiger partial charge in [-0.3, -0.25) is 18.6 Å². The first-order valence-electron chi connectivity index (χ1n) is 37.6. The van der Waals surface area contributed by atoms with Crippen LogP contribution in [-0.4, -0.2) is 49.3 Å². The van der Waals surface area contributed by atoms with E-state index in [9.17, 15) is 19.0 Å². The molecule has 0 amide bonds. The maximum atomic E-state index is 12.8. The van der Waals surface area contributed by atoms with Crippen LogP contribution >= 0.6 is 7.82 Å². The van der Waals surface area contributed by atoms with Crippen molar-refractivity contribution in [1.82, 2.24) is 0 Å². The van der Waals surface area contributed by atoms with Crippen LogP contribution in [0.1, 0.15) is 367 Å². The molecule has 0 aliphatic rings. The lowest BCUT2D eigenvalue weighted by molar-refractivity contribution is -0.161. The van der Waals surface area contributed by atoms with Crippen LogP contribution in [0.4, 0.5) is 0 Å². The highest BCUT2D eigenvalue weighted by Gasteiger charge is 2.26. The van der Waals surface area contributed by atoms with Gasteiger partial charge in [-0.1, -0.05) is 369 Å². The van der Waals surface area contributed by atoms with Crippen molar-refractivity contribution >= 4 is 19.8 Å². The smallest absolute Gasteiger partial charge is 0.462 e. The Balaban J connectivity index is 3.84. The van der Waals surface area contributed by atoms with Gasteiger partial charge in [0.25, 0.3) is 0 Å². The fourth-order valence-corrected chi connectivity index (χ4v) is 11.8. The van der Waals surface area contributed by atoms with E-state index in [1.807, 2.05) is 0 Å². The summed E-state index contributed by atoms with van der Waals surface area (Å²) in [6.45, 7) is 3.69. The average Bonchev–Trinajstić information content (AvgIpc) is 3.62. The first-order valence-corrected chi connectivity index (χ1v) is 39.1. The molecule has 3 N–H and O–H groups in total. The molecule has 0 aliphatic carbocycles. The van der Waals surface area contributed by atoms with Gasteiger partial charge in [-0.05, 0) is 70.6 Å². The number of carbonyl (C=O) groups excluding carboxylic acids is 2. The fraction of sp³-hybridized carbons (Fsp3) is 0.795. The van der Waals surface area contributed by atoms with Crippen molar-refractivity contribution in [3.8, 4) is 0 Å². The van der Waals surface area contributed by atoms with E-state index in [0.717, 1.165) is 83.5 Å². The Morgan fingerprint density at radius 1 is 0.352 bits per heavy atom. The van der Waals surface area contributed by atoms with E-state index in [0.29, 0.717) is 6.42 Å². The van der Waals surface area contributed by atoms with Gasteiger partial charge in [-0.2, -0.15) is 0 Å². The number of ether oxygens (including phenoxy) is 2. The predicted octanol–water partition coefficient (Wildman–Crippen LogP) is 24.9. The maximum absolute atomic E-state index is 12.8. The van der Waals surface area contributed by atoms with Gasteiger partial charge in [0.05, 0.1) is 13.2 Å². The van der Waals surface area contributed by atoms with Crippen molar-refractivity contribution in [2.45, 2.75) is 373 Å². The van der Waals surface area contributed by atoms with Gasteiger partial charge in [0.1, 0.15) is 6.61 Å². The molecule has 0 heterocycles. The molecular formula is C78H142NO8P. The predicted molar refractivity (Wildman–Crippen MR) is 381 cm³/mol. The largest absolute Gasteiger partial charge is 0.472 e. The molecule has 0 aromatic rings. The molecule has 0 aromatic carbocycles. The third-order valence-corrected chi connectivity index (χ3v) is 17.5. The summed E-state index contributed by atoms with van der Waals surface area (Å²) >= 11 is 0. The van der Waals surface area contributed by atoms with E-state index in [-0.39, 0.29) is 38.6 Å². The topological polar surface area (TPSA) is 134 Å². The van der Waals surface area contributed by atoms with Crippen LogP contribution in [0, 0.1) is 0 Å². The summed E-state index contributed by atoms with van der Waals surface area (Å²) in [7, 11) is -4.40. The van der Waals surface area contributed by atoms with Crippen molar-refractivity contribution in [2.75, 3.05) is 26.4 Å². The number of carbonyl (C=O) groups is 2. The molecule has 0 radical (unpaired) electrons. The van der Waals surface area contributed by atoms with Crippen LogP contribution in [-0.2, 0) is 32.7 Å². The number of hydrogen-bond acceptors (Lipinski definition) is 8. The summed E-state index contributed by atoms with van der Waals surface area (Å²) < 4.78 is 33.2. The lowest BCUT2D eigenvalue weighted by Crippen LogP contribution is -2.29. The molecule has 0 aromatic heterocycles. The minimum absolute atomic E-state index is 0.0525. The third-order valence-electron chi connectivity index (χ3n) is 16.5. The highest BCUT2D eigenvalue weighted by atomic mass is 31.2. The third kappa shape index (κ3) is 72.3. The monoisotopic (exact) mass is 1250 g/mol. The highest BCUT2D eigenvalue weighted by Crippen LogP contribution is 2.43. The van der Waals surface area contributed by atoms with Gasteiger partial charge >= 0.3 is 19.8 Å². The van der Waals surface area contributed by atoms with Gasteiger partial charge in [0.15, 0.2) is 6.10 Å². The molecular weight excluding hydrogens is 1110 g/mol. The van der Waals surface area contributed by atoms with Crippen LogP contribution in [0.5, 0.6) is 0 Å². The van der Waals surface area contributed by atoms with Crippen molar-refractivity contribution in [1.29, 1.82) is 0 Å². The normalized spacial score (nSPS) is 13.4. The van der Waals surface area contributed by atoms with Crippen molar-refractivity contribution in [3.05, 3.63) is 85.1 Å². The van der Waals surface area contributed by atoms with E-state index in [1.165, 1.54) is 250 Å². The Morgan fingerprint density at radius 2 is 0.625 bits per heavy atom. The Hall–Kier alpha value is -2.81. The lowest BCUT2D eigenvalue weighted by Gasteiger charge is -2.19. The zero-order valence-electron chi connectivity index (χ0n) is 57.7. The molecule has 0 spiro atoms. The average molecular weight is 1250 g/mol. The number of nitrogens with two attached hydrogens (primary N) is 1. The zero-order valence-corrected chi connectivity index (χ0v) is 58.6. The second-order valence-corrected chi connectivity index (χ2v) is 26.6. The molecule has 512 valence electrons. The minimum Gasteiger partial charge on any atom is -0.462 e. The summed E-state index contributed by atoms with van der Waals surface area (Å²) in [5.74, 6) is -0.814. The Labute approximate surface area is 544 Å². The Bertz CT molecular complexity index is 1720. The van der Waals surface area contributed by atoms with Crippen molar-refractivity contribution in [3.63, 3.8) is 0 Å². The van der Waals surface area contributed by atoms with Crippen LogP contribution in [0.3, 0.4) is 0 Å². The van der Waals surface area contributed by atoms with Crippen LogP contribution < -0.4 is 5.73 Å². The molecule has 2 atom stereocenters. The molecule has 0 bridgehead atoms. The van der Waals surface area contributed by atoms with Gasteiger partial charge < -0.3 is 20.1 Å². The molecule has 0 aliphatic heterocycles. The second-order valence-electron chi connectivity index (χ2n) is 25.1. The summed E-state index contributed by atoms with van der Waals surface area (Å²) in [5, 5.41) is 0. The minimum atomic E-state index is -4.40. The number of rotatable bonds is 71. The molecule has 0 fully saturated rings. The summed E-state index contributed by atoms with van der Waals surface area (Å²) in [6, 6.07) is 0. The first kappa shape index (κ1) is 85.2. The van der Waals surface area contributed by atoms with Gasteiger partial charge in [0, 0.05) is 19.4 Å². The van der Waals surface area contributed by atoms with Crippen LogP contribution in [0.15, 0.2) is 85.1 Å². The quantitative estimate of drug-likeness (QED) is 0.0264. The van der Waals surface area contributed by atoms with Gasteiger partial charge in [-0.15, -0.1) is 0 Å². The number of phosphoric ester groups is 1. The van der Waals surface area contributed by atoms with Crippen molar-refractivity contribution < 1.29 is 37.6 Å². The van der Waals surface area contributed by atoms with E-state index in [2.05, 4.69) is 98.9 Å². The Morgan fingerprint density at radius 3 is 0.932 bits per heavy atom. The van der Waals surface area contributed by atoms with Crippen LogP contribution in [0.2, 0.25) is 0 Å². The van der Waals surface area contributed by atoms with E-state index in [1.54, 1.807) is 0 Å². The Kier molecular flexibility index (Phi) is 70.9. The second kappa shape index (κ2) is 73.2. The van der Waals surface area contributed by atoms with Gasteiger partial charge in [-0.25, -0.2) is 4.57 Å². The van der Waals surface area contributed by atoms with E-state index < -0.39 is 26.5 Å². The van der Waals surface area contributed by atoms with Crippen molar-refractivity contribution in [2.24, 2.45) is 5.73 Å². The number of allylic oxidation sites excluding steroid dienone is 14. The number of hydrogen-bond donors (Lipinski definition) is 2.